The van der Waals surface area contributed by atoms with Crippen molar-refractivity contribution in [3.8, 4) is 5.75 Å². The molecule has 0 heterocycles. The smallest absolute Gasteiger partial charge is 0.258 e. The van der Waals surface area contributed by atoms with Crippen molar-refractivity contribution in [1.82, 2.24) is 5.32 Å². The van der Waals surface area contributed by atoms with Crippen LogP contribution in [0.5, 0.6) is 5.75 Å². The standard InChI is InChI=1S/C15H20BrNO2/c1-11-5-2-3-8-14(11)17-15(18)10-19-13-7-4-6-12(16)9-13/h4,6-7,9,11,14H,2-3,5,8,10H2,1H3,(H,17,18)/t11-,14+/m1/s1. The third-order valence-corrected chi connectivity index (χ3v) is 4.12. The van der Waals surface area contributed by atoms with Gasteiger partial charge in [-0.1, -0.05) is 41.8 Å². The van der Waals surface area contributed by atoms with E-state index in [1.54, 1.807) is 0 Å². The van der Waals surface area contributed by atoms with Crippen LogP contribution in [0.4, 0.5) is 0 Å². The molecule has 0 bridgehead atoms. The van der Waals surface area contributed by atoms with Gasteiger partial charge in [-0.25, -0.2) is 0 Å². The van der Waals surface area contributed by atoms with Gasteiger partial charge in [0.15, 0.2) is 6.61 Å². The van der Waals surface area contributed by atoms with Crippen molar-refractivity contribution in [3.05, 3.63) is 28.7 Å². The molecule has 104 valence electrons. The van der Waals surface area contributed by atoms with Crippen molar-refractivity contribution in [2.75, 3.05) is 6.61 Å². The molecular formula is C15H20BrNO2. The molecule has 4 heteroatoms. The van der Waals surface area contributed by atoms with E-state index in [4.69, 9.17) is 4.74 Å². The van der Waals surface area contributed by atoms with Gasteiger partial charge in [0.2, 0.25) is 0 Å². The summed E-state index contributed by atoms with van der Waals surface area (Å²) in [5.74, 6) is 1.25. The molecule has 1 amide bonds. The summed E-state index contributed by atoms with van der Waals surface area (Å²) in [4.78, 5) is 11.9. The summed E-state index contributed by atoms with van der Waals surface area (Å²) >= 11 is 3.38. The van der Waals surface area contributed by atoms with Crippen LogP contribution in [-0.2, 0) is 4.79 Å². The molecule has 1 N–H and O–H groups in total. The lowest BCUT2D eigenvalue weighted by Gasteiger charge is -2.29. The van der Waals surface area contributed by atoms with Crippen LogP contribution in [0.2, 0.25) is 0 Å². The summed E-state index contributed by atoms with van der Waals surface area (Å²) in [6.07, 6.45) is 4.78. The Labute approximate surface area is 122 Å². The summed E-state index contributed by atoms with van der Waals surface area (Å²) in [6.45, 7) is 2.29. The highest BCUT2D eigenvalue weighted by Crippen LogP contribution is 2.23. The molecule has 0 aliphatic heterocycles. The van der Waals surface area contributed by atoms with Gasteiger partial charge in [-0.05, 0) is 37.0 Å². The van der Waals surface area contributed by atoms with Gasteiger partial charge < -0.3 is 10.1 Å². The minimum Gasteiger partial charge on any atom is -0.484 e. The Morgan fingerprint density at radius 3 is 2.95 bits per heavy atom. The molecule has 1 aromatic rings. The number of amides is 1. The van der Waals surface area contributed by atoms with Crippen LogP contribution in [0, 0.1) is 5.92 Å². The molecule has 0 aromatic heterocycles. The van der Waals surface area contributed by atoms with Crippen LogP contribution < -0.4 is 10.1 Å². The van der Waals surface area contributed by atoms with Crippen molar-refractivity contribution < 1.29 is 9.53 Å². The first-order valence-corrected chi connectivity index (χ1v) is 7.62. The van der Waals surface area contributed by atoms with Gasteiger partial charge in [0.25, 0.3) is 5.91 Å². The molecule has 19 heavy (non-hydrogen) atoms. The van der Waals surface area contributed by atoms with E-state index >= 15 is 0 Å². The summed E-state index contributed by atoms with van der Waals surface area (Å²) < 4.78 is 6.43. The van der Waals surface area contributed by atoms with Crippen molar-refractivity contribution in [3.63, 3.8) is 0 Å². The lowest BCUT2D eigenvalue weighted by atomic mass is 9.86. The van der Waals surface area contributed by atoms with Crippen LogP contribution in [0.15, 0.2) is 28.7 Å². The minimum absolute atomic E-state index is 0.0290. The molecular weight excluding hydrogens is 306 g/mol. The largest absolute Gasteiger partial charge is 0.484 e. The molecule has 1 saturated carbocycles. The van der Waals surface area contributed by atoms with E-state index in [1.165, 1.54) is 19.3 Å². The molecule has 0 radical (unpaired) electrons. The molecule has 0 saturated heterocycles. The fourth-order valence-corrected chi connectivity index (χ4v) is 2.86. The normalized spacial score (nSPS) is 22.8. The summed E-state index contributed by atoms with van der Waals surface area (Å²) in [5.41, 5.74) is 0. The van der Waals surface area contributed by atoms with Crippen molar-refractivity contribution in [2.45, 2.75) is 38.6 Å². The maximum Gasteiger partial charge on any atom is 0.258 e. The zero-order valence-corrected chi connectivity index (χ0v) is 12.8. The third-order valence-electron chi connectivity index (χ3n) is 3.62. The second-order valence-electron chi connectivity index (χ2n) is 5.18. The van der Waals surface area contributed by atoms with Gasteiger partial charge >= 0.3 is 0 Å². The van der Waals surface area contributed by atoms with Gasteiger partial charge in [0.05, 0.1) is 0 Å². The van der Waals surface area contributed by atoms with E-state index in [9.17, 15) is 4.79 Å². The van der Waals surface area contributed by atoms with Gasteiger partial charge in [0.1, 0.15) is 5.75 Å². The summed E-state index contributed by atoms with van der Waals surface area (Å²) in [5, 5.41) is 3.08. The molecule has 0 unspecified atom stereocenters. The van der Waals surface area contributed by atoms with E-state index in [1.807, 2.05) is 24.3 Å². The second-order valence-corrected chi connectivity index (χ2v) is 6.10. The fourth-order valence-electron chi connectivity index (χ4n) is 2.48. The maximum absolute atomic E-state index is 11.9. The lowest BCUT2D eigenvalue weighted by Crippen LogP contribution is -2.43. The first-order chi connectivity index (χ1) is 9.15. The van der Waals surface area contributed by atoms with E-state index in [2.05, 4.69) is 28.2 Å². The highest BCUT2D eigenvalue weighted by atomic mass is 79.9. The molecule has 1 fully saturated rings. The Balaban J connectivity index is 1.78. The average Bonchev–Trinajstić information content (AvgIpc) is 2.39. The number of ether oxygens (including phenoxy) is 1. The van der Waals surface area contributed by atoms with E-state index in [0.29, 0.717) is 17.7 Å². The van der Waals surface area contributed by atoms with Crippen LogP contribution in [0.3, 0.4) is 0 Å². The molecule has 2 atom stereocenters. The van der Waals surface area contributed by atoms with E-state index in [0.717, 1.165) is 10.9 Å². The Morgan fingerprint density at radius 2 is 2.21 bits per heavy atom. The minimum atomic E-state index is -0.0290. The summed E-state index contributed by atoms with van der Waals surface area (Å²) in [6, 6.07) is 7.84. The Bertz CT molecular complexity index is 436. The maximum atomic E-state index is 11.9. The number of carbonyl (C=O) groups is 1. The Kier molecular flexibility index (Phi) is 5.25. The first kappa shape index (κ1) is 14.4. The molecule has 1 aliphatic carbocycles. The topological polar surface area (TPSA) is 38.3 Å². The first-order valence-electron chi connectivity index (χ1n) is 6.83. The van der Waals surface area contributed by atoms with E-state index in [-0.39, 0.29) is 12.5 Å². The molecule has 0 spiro atoms. The second kappa shape index (κ2) is 6.94. The average molecular weight is 326 g/mol. The number of benzene rings is 1. The van der Waals surface area contributed by atoms with Crippen molar-refractivity contribution in [2.24, 2.45) is 5.92 Å². The Morgan fingerprint density at radius 1 is 1.42 bits per heavy atom. The Hall–Kier alpha value is -1.03. The van der Waals surface area contributed by atoms with Crippen molar-refractivity contribution >= 4 is 21.8 Å². The van der Waals surface area contributed by atoms with Gasteiger partial charge in [0, 0.05) is 10.5 Å². The highest BCUT2D eigenvalue weighted by Gasteiger charge is 2.22. The van der Waals surface area contributed by atoms with Crippen molar-refractivity contribution in [1.29, 1.82) is 0 Å². The predicted molar refractivity (Wildman–Crippen MR) is 79.2 cm³/mol. The number of carbonyl (C=O) groups excluding carboxylic acids is 1. The predicted octanol–water partition coefficient (Wildman–Crippen LogP) is 3.52. The summed E-state index contributed by atoms with van der Waals surface area (Å²) in [7, 11) is 0. The van der Waals surface area contributed by atoms with Gasteiger partial charge in [-0.15, -0.1) is 0 Å². The number of hydrogen-bond donors (Lipinski definition) is 1. The van der Waals surface area contributed by atoms with Crippen LogP contribution in [0.1, 0.15) is 32.6 Å². The fraction of sp³-hybridized carbons (Fsp3) is 0.533. The highest BCUT2D eigenvalue weighted by molar-refractivity contribution is 9.10. The third kappa shape index (κ3) is 4.53. The zero-order valence-electron chi connectivity index (χ0n) is 11.2. The number of halogens is 1. The zero-order chi connectivity index (χ0) is 13.7. The van der Waals surface area contributed by atoms with Crippen LogP contribution in [0.25, 0.3) is 0 Å². The SMILES string of the molecule is C[C@@H]1CCCC[C@@H]1NC(=O)COc1cccc(Br)c1. The van der Waals surface area contributed by atoms with Crippen LogP contribution in [-0.4, -0.2) is 18.6 Å². The van der Waals surface area contributed by atoms with Crippen LogP contribution >= 0.6 is 15.9 Å². The number of rotatable bonds is 4. The molecule has 3 nitrogen and oxygen atoms in total. The lowest BCUT2D eigenvalue weighted by molar-refractivity contribution is -0.124. The number of nitrogens with one attached hydrogen (secondary N) is 1. The van der Waals surface area contributed by atoms with E-state index < -0.39 is 0 Å². The molecule has 2 rings (SSSR count). The van der Waals surface area contributed by atoms with Gasteiger partial charge in [-0.3, -0.25) is 4.79 Å². The number of hydrogen-bond acceptors (Lipinski definition) is 2. The molecule has 1 aliphatic rings. The monoisotopic (exact) mass is 325 g/mol. The quantitative estimate of drug-likeness (QED) is 0.919. The van der Waals surface area contributed by atoms with Gasteiger partial charge in [-0.2, -0.15) is 0 Å². The molecule has 1 aromatic carbocycles.